The van der Waals surface area contributed by atoms with E-state index in [2.05, 4.69) is 33.5 Å². The first-order chi connectivity index (χ1) is 8.70. The minimum atomic E-state index is 0.553. The van der Waals surface area contributed by atoms with E-state index in [4.69, 9.17) is 5.73 Å². The Bertz CT molecular complexity index is 484. The SMILES string of the molecule is CC(C)Cn1ncnc1Cn1ccnc1CCN. The van der Waals surface area contributed by atoms with Crippen LogP contribution in [0.25, 0.3) is 0 Å². The van der Waals surface area contributed by atoms with Crippen molar-refractivity contribution in [3.05, 3.63) is 30.4 Å². The zero-order chi connectivity index (χ0) is 13.0. The normalized spacial score (nSPS) is 11.3. The summed E-state index contributed by atoms with van der Waals surface area (Å²) < 4.78 is 4.03. The molecule has 0 aromatic carbocycles. The van der Waals surface area contributed by atoms with Crippen molar-refractivity contribution >= 4 is 0 Å². The molecular weight excluding hydrogens is 228 g/mol. The van der Waals surface area contributed by atoms with Crippen molar-refractivity contribution in [2.45, 2.75) is 33.4 Å². The predicted octanol–water partition coefficient (Wildman–Crippen LogP) is 0.680. The molecule has 0 unspecified atom stereocenters. The van der Waals surface area contributed by atoms with Gasteiger partial charge in [-0.2, -0.15) is 5.10 Å². The van der Waals surface area contributed by atoms with Crippen molar-refractivity contribution < 1.29 is 0 Å². The van der Waals surface area contributed by atoms with Gasteiger partial charge in [-0.15, -0.1) is 0 Å². The van der Waals surface area contributed by atoms with Gasteiger partial charge in [0.05, 0.1) is 6.54 Å². The number of rotatable bonds is 6. The van der Waals surface area contributed by atoms with E-state index < -0.39 is 0 Å². The standard InChI is InChI=1S/C12H20N6/c1-10(2)7-18-12(15-9-16-18)8-17-6-5-14-11(17)3-4-13/h5-6,9-10H,3-4,7-8,13H2,1-2H3. The van der Waals surface area contributed by atoms with Crippen LogP contribution in [-0.2, 0) is 19.5 Å². The fourth-order valence-electron chi connectivity index (χ4n) is 1.90. The molecule has 0 radical (unpaired) electrons. The van der Waals surface area contributed by atoms with Crippen LogP contribution < -0.4 is 5.73 Å². The molecule has 2 aromatic rings. The number of aromatic nitrogens is 5. The quantitative estimate of drug-likeness (QED) is 0.815. The van der Waals surface area contributed by atoms with Crippen LogP contribution >= 0.6 is 0 Å². The summed E-state index contributed by atoms with van der Waals surface area (Å²) in [5.41, 5.74) is 5.57. The molecule has 2 heterocycles. The third kappa shape index (κ3) is 2.95. The van der Waals surface area contributed by atoms with Crippen LogP contribution in [0.4, 0.5) is 0 Å². The topological polar surface area (TPSA) is 74.5 Å². The summed E-state index contributed by atoms with van der Waals surface area (Å²) in [6, 6.07) is 0. The second kappa shape index (κ2) is 5.77. The second-order valence-electron chi connectivity index (χ2n) is 4.76. The molecule has 98 valence electrons. The fraction of sp³-hybridized carbons (Fsp3) is 0.583. The molecule has 6 nitrogen and oxygen atoms in total. The summed E-state index contributed by atoms with van der Waals surface area (Å²) in [4.78, 5) is 8.62. The molecule has 2 rings (SSSR count). The van der Waals surface area contributed by atoms with E-state index in [0.717, 1.165) is 24.6 Å². The van der Waals surface area contributed by atoms with Crippen molar-refractivity contribution in [3.63, 3.8) is 0 Å². The van der Waals surface area contributed by atoms with E-state index in [0.29, 0.717) is 19.0 Å². The first-order valence-electron chi connectivity index (χ1n) is 6.27. The summed E-state index contributed by atoms with van der Waals surface area (Å²) >= 11 is 0. The number of hydrogen-bond acceptors (Lipinski definition) is 4. The van der Waals surface area contributed by atoms with Gasteiger partial charge in [0.2, 0.25) is 0 Å². The van der Waals surface area contributed by atoms with Crippen LogP contribution in [0.2, 0.25) is 0 Å². The molecule has 6 heteroatoms. The van der Waals surface area contributed by atoms with Gasteiger partial charge in [-0.05, 0) is 12.5 Å². The van der Waals surface area contributed by atoms with Gasteiger partial charge in [-0.25, -0.2) is 14.6 Å². The first-order valence-corrected chi connectivity index (χ1v) is 6.27. The average Bonchev–Trinajstić information content (AvgIpc) is 2.91. The Morgan fingerprint density at radius 1 is 1.28 bits per heavy atom. The van der Waals surface area contributed by atoms with Crippen LogP contribution in [0.15, 0.2) is 18.7 Å². The lowest BCUT2D eigenvalue weighted by Crippen LogP contribution is -2.15. The van der Waals surface area contributed by atoms with Crippen molar-refractivity contribution in [2.75, 3.05) is 6.54 Å². The van der Waals surface area contributed by atoms with Gasteiger partial charge in [0.25, 0.3) is 0 Å². The summed E-state index contributed by atoms with van der Waals surface area (Å²) in [5.74, 6) is 2.51. The van der Waals surface area contributed by atoms with E-state index in [1.54, 1.807) is 12.5 Å². The van der Waals surface area contributed by atoms with Gasteiger partial charge < -0.3 is 10.3 Å². The van der Waals surface area contributed by atoms with E-state index in [1.165, 1.54) is 0 Å². The summed E-state index contributed by atoms with van der Waals surface area (Å²) in [6.07, 6.45) is 6.15. The van der Waals surface area contributed by atoms with Crippen LogP contribution in [-0.4, -0.2) is 30.9 Å². The van der Waals surface area contributed by atoms with Gasteiger partial charge in [0, 0.05) is 25.4 Å². The second-order valence-corrected chi connectivity index (χ2v) is 4.76. The number of nitrogens with zero attached hydrogens (tertiary/aromatic N) is 5. The Balaban J connectivity index is 2.13. The van der Waals surface area contributed by atoms with E-state index in [9.17, 15) is 0 Å². The Morgan fingerprint density at radius 2 is 2.11 bits per heavy atom. The third-order valence-corrected chi connectivity index (χ3v) is 2.72. The van der Waals surface area contributed by atoms with Crippen molar-refractivity contribution in [1.29, 1.82) is 0 Å². The Kier molecular flexibility index (Phi) is 4.09. The van der Waals surface area contributed by atoms with E-state index in [1.807, 2.05) is 10.9 Å². The van der Waals surface area contributed by atoms with E-state index >= 15 is 0 Å². The molecule has 0 atom stereocenters. The number of hydrogen-bond donors (Lipinski definition) is 1. The van der Waals surface area contributed by atoms with Gasteiger partial charge in [-0.1, -0.05) is 13.8 Å². The molecule has 0 aliphatic heterocycles. The molecule has 0 aliphatic carbocycles. The molecule has 0 aliphatic rings. The zero-order valence-corrected chi connectivity index (χ0v) is 11.0. The van der Waals surface area contributed by atoms with Gasteiger partial charge in [0.15, 0.2) is 0 Å². The van der Waals surface area contributed by atoms with Crippen LogP contribution in [0, 0.1) is 5.92 Å². The lowest BCUT2D eigenvalue weighted by atomic mass is 10.2. The molecule has 0 fully saturated rings. The smallest absolute Gasteiger partial charge is 0.146 e. The zero-order valence-electron chi connectivity index (χ0n) is 11.0. The highest BCUT2D eigenvalue weighted by molar-refractivity contribution is 4.97. The molecule has 0 saturated carbocycles. The predicted molar refractivity (Wildman–Crippen MR) is 68.9 cm³/mol. The molecule has 18 heavy (non-hydrogen) atoms. The van der Waals surface area contributed by atoms with E-state index in [-0.39, 0.29) is 0 Å². The van der Waals surface area contributed by atoms with Gasteiger partial charge in [-0.3, -0.25) is 0 Å². The lowest BCUT2D eigenvalue weighted by Gasteiger charge is -2.10. The van der Waals surface area contributed by atoms with Crippen LogP contribution in [0.5, 0.6) is 0 Å². The van der Waals surface area contributed by atoms with Gasteiger partial charge in [0.1, 0.15) is 18.0 Å². The molecular formula is C12H20N6. The van der Waals surface area contributed by atoms with Crippen molar-refractivity contribution in [1.82, 2.24) is 24.3 Å². The minimum absolute atomic E-state index is 0.553. The summed E-state index contributed by atoms with van der Waals surface area (Å²) in [5, 5.41) is 4.26. The highest BCUT2D eigenvalue weighted by atomic mass is 15.3. The number of imidazole rings is 1. The molecule has 2 N–H and O–H groups in total. The largest absolute Gasteiger partial charge is 0.330 e. The van der Waals surface area contributed by atoms with Crippen molar-refractivity contribution in [3.8, 4) is 0 Å². The average molecular weight is 248 g/mol. The monoisotopic (exact) mass is 248 g/mol. The molecule has 2 aromatic heterocycles. The summed E-state index contributed by atoms with van der Waals surface area (Å²) in [7, 11) is 0. The first kappa shape index (κ1) is 12.8. The maximum absolute atomic E-state index is 5.57. The Labute approximate surface area is 107 Å². The third-order valence-electron chi connectivity index (χ3n) is 2.72. The molecule has 0 bridgehead atoms. The van der Waals surface area contributed by atoms with Crippen LogP contribution in [0.3, 0.4) is 0 Å². The highest BCUT2D eigenvalue weighted by Gasteiger charge is 2.09. The molecule has 0 amide bonds. The lowest BCUT2D eigenvalue weighted by molar-refractivity contribution is 0.459. The number of nitrogens with two attached hydrogens (primary N) is 1. The fourth-order valence-corrected chi connectivity index (χ4v) is 1.90. The maximum atomic E-state index is 5.57. The minimum Gasteiger partial charge on any atom is -0.330 e. The summed E-state index contributed by atoms with van der Waals surface area (Å²) in [6.45, 7) is 6.53. The van der Waals surface area contributed by atoms with Crippen molar-refractivity contribution in [2.24, 2.45) is 11.7 Å². The Hall–Kier alpha value is -1.69. The molecule has 0 saturated heterocycles. The van der Waals surface area contributed by atoms with Gasteiger partial charge >= 0.3 is 0 Å². The highest BCUT2D eigenvalue weighted by Crippen LogP contribution is 2.06. The van der Waals surface area contributed by atoms with Crippen LogP contribution in [0.1, 0.15) is 25.5 Å². The Morgan fingerprint density at radius 3 is 2.83 bits per heavy atom. The molecule has 0 spiro atoms. The maximum Gasteiger partial charge on any atom is 0.146 e.